The number of piperidine rings is 1. The first-order chi connectivity index (χ1) is 17.7. The second kappa shape index (κ2) is 11.8. The minimum atomic E-state index is -0.103. The van der Waals surface area contributed by atoms with Crippen LogP contribution in [0.4, 0.5) is 23.1 Å². The lowest BCUT2D eigenvalue weighted by molar-refractivity contribution is -0.118. The first kappa shape index (κ1) is 26.7. The maximum atomic E-state index is 12.9. The predicted molar refractivity (Wildman–Crippen MR) is 146 cm³/mol. The molecule has 0 aliphatic carbocycles. The molecule has 2 N–H and O–H groups in total. The average molecular weight is 510 g/mol. The van der Waals surface area contributed by atoms with Crippen LogP contribution in [0.25, 0.3) is 0 Å². The van der Waals surface area contributed by atoms with Crippen molar-refractivity contribution in [2.75, 3.05) is 62.5 Å². The first-order valence-electron chi connectivity index (χ1n) is 13.1. The van der Waals surface area contributed by atoms with E-state index in [2.05, 4.69) is 46.3 Å². The molecule has 1 saturated heterocycles. The third-order valence-electron chi connectivity index (χ3n) is 7.12. The molecule has 1 aromatic heterocycles. The summed E-state index contributed by atoms with van der Waals surface area (Å²) >= 11 is 0. The van der Waals surface area contributed by atoms with Gasteiger partial charge in [-0.2, -0.15) is 4.98 Å². The van der Waals surface area contributed by atoms with Gasteiger partial charge in [-0.15, -0.1) is 0 Å². The molecule has 0 radical (unpaired) electrons. The van der Waals surface area contributed by atoms with Crippen molar-refractivity contribution in [3.05, 3.63) is 30.0 Å². The minimum Gasteiger partial charge on any atom is -0.495 e. The standard InChI is InChI=1S/C27H39N7O3/c1-18(2)8-14-34-15-11-24(35)33(4)22-17-28-27(31-25(22)34)30-21-7-6-19(16-23(21)37-5)26(36)29-20-9-12-32(3)13-10-20/h6-7,16-18,20H,8-15H2,1-5H3,(H,29,36)(H,28,30,31). The highest BCUT2D eigenvalue weighted by molar-refractivity contribution is 5.97. The monoisotopic (exact) mass is 509 g/mol. The summed E-state index contributed by atoms with van der Waals surface area (Å²) in [6.07, 6.45) is 5.01. The summed E-state index contributed by atoms with van der Waals surface area (Å²) in [5, 5.41) is 6.39. The SMILES string of the molecule is COc1cc(C(=O)NC2CCN(C)CC2)ccc1Nc1ncc2c(n1)N(CCC(C)C)CCC(=O)N2C. The van der Waals surface area contributed by atoms with Crippen LogP contribution in [0.2, 0.25) is 0 Å². The van der Waals surface area contributed by atoms with Crippen molar-refractivity contribution < 1.29 is 14.3 Å². The number of rotatable bonds is 8. The number of benzene rings is 1. The smallest absolute Gasteiger partial charge is 0.251 e. The summed E-state index contributed by atoms with van der Waals surface area (Å²) in [6, 6.07) is 5.50. The highest BCUT2D eigenvalue weighted by Gasteiger charge is 2.26. The molecule has 0 atom stereocenters. The fraction of sp³-hybridized carbons (Fsp3) is 0.556. The van der Waals surface area contributed by atoms with Crippen molar-refractivity contribution in [3.63, 3.8) is 0 Å². The number of hydrogen-bond donors (Lipinski definition) is 2. The van der Waals surface area contributed by atoms with Crippen molar-refractivity contribution in [2.45, 2.75) is 45.6 Å². The lowest BCUT2D eigenvalue weighted by atomic mass is 10.0. The number of amides is 2. The van der Waals surface area contributed by atoms with E-state index in [0.717, 1.165) is 44.7 Å². The molecule has 2 amide bonds. The van der Waals surface area contributed by atoms with Gasteiger partial charge < -0.3 is 30.1 Å². The van der Waals surface area contributed by atoms with Crippen molar-refractivity contribution in [1.82, 2.24) is 20.2 Å². The van der Waals surface area contributed by atoms with Crippen molar-refractivity contribution >= 4 is 35.0 Å². The van der Waals surface area contributed by atoms with Crippen LogP contribution in [-0.4, -0.2) is 80.1 Å². The van der Waals surface area contributed by atoms with Gasteiger partial charge in [-0.1, -0.05) is 13.8 Å². The van der Waals surface area contributed by atoms with E-state index in [1.165, 1.54) is 0 Å². The van der Waals surface area contributed by atoms with Gasteiger partial charge in [-0.3, -0.25) is 9.59 Å². The number of likely N-dealkylation sites (tertiary alicyclic amines) is 1. The second-order valence-electron chi connectivity index (χ2n) is 10.4. The number of ether oxygens (including phenoxy) is 1. The highest BCUT2D eigenvalue weighted by atomic mass is 16.5. The van der Waals surface area contributed by atoms with Gasteiger partial charge in [0.25, 0.3) is 5.91 Å². The van der Waals surface area contributed by atoms with Gasteiger partial charge in [0.15, 0.2) is 5.82 Å². The van der Waals surface area contributed by atoms with E-state index < -0.39 is 0 Å². The molecule has 0 bridgehead atoms. The van der Waals surface area contributed by atoms with Crippen molar-refractivity contribution in [3.8, 4) is 5.75 Å². The van der Waals surface area contributed by atoms with Crippen LogP contribution in [0, 0.1) is 5.92 Å². The zero-order valence-corrected chi connectivity index (χ0v) is 22.6. The lowest BCUT2D eigenvalue weighted by Crippen LogP contribution is -2.43. The molecule has 2 aromatic rings. The van der Waals surface area contributed by atoms with Gasteiger partial charge in [0, 0.05) is 38.2 Å². The molecule has 0 saturated carbocycles. The van der Waals surface area contributed by atoms with E-state index in [4.69, 9.17) is 9.72 Å². The van der Waals surface area contributed by atoms with E-state index in [1.54, 1.807) is 37.4 Å². The number of carbonyl (C=O) groups excluding carboxylic acids is 2. The van der Waals surface area contributed by atoms with Crippen LogP contribution in [0.1, 0.15) is 49.9 Å². The molecular weight excluding hydrogens is 470 g/mol. The first-order valence-corrected chi connectivity index (χ1v) is 13.1. The topological polar surface area (TPSA) is 103 Å². The number of methoxy groups -OCH3 is 1. The number of carbonyl (C=O) groups is 2. The molecular formula is C27H39N7O3. The molecule has 4 rings (SSSR count). The number of fused-ring (bicyclic) bond motifs is 1. The van der Waals surface area contributed by atoms with Gasteiger partial charge in [0.2, 0.25) is 11.9 Å². The zero-order chi connectivity index (χ0) is 26.5. The summed E-state index contributed by atoms with van der Waals surface area (Å²) in [4.78, 5) is 40.7. The van der Waals surface area contributed by atoms with Gasteiger partial charge in [0.1, 0.15) is 11.4 Å². The number of aromatic nitrogens is 2. The van der Waals surface area contributed by atoms with E-state index >= 15 is 0 Å². The third kappa shape index (κ3) is 6.49. The van der Waals surface area contributed by atoms with Gasteiger partial charge in [0.05, 0.1) is 19.0 Å². The lowest BCUT2D eigenvalue weighted by Gasteiger charge is -2.29. The van der Waals surface area contributed by atoms with Crippen molar-refractivity contribution in [1.29, 1.82) is 0 Å². The zero-order valence-electron chi connectivity index (χ0n) is 22.6. The van der Waals surface area contributed by atoms with E-state index in [9.17, 15) is 9.59 Å². The summed E-state index contributed by atoms with van der Waals surface area (Å²) < 4.78 is 5.59. The average Bonchev–Trinajstić information content (AvgIpc) is 3.00. The minimum absolute atomic E-state index is 0.0494. The normalized spacial score (nSPS) is 17.0. The highest BCUT2D eigenvalue weighted by Crippen LogP contribution is 2.33. The maximum Gasteiger partial charge on any atom is 0.251 e. The number of nitrogens with zero attached hydrogens (tertiary/aromatic N) is 5. The molecule has 1 aromatic carbocycles. The molecule has 1 fully saturated rings. The quantitative estimate of drug-likeness (QED) is 0.559. The van der Waals surface area contributed by atoms with Crippen LogP contribution < -0.4 is 25.2 Å². The Hall–Kier alpha value is -3.40. The van der Waals surface area contributed by atoms with Gasteiger partial charge in [-0.05, 0) is 63.5 Å². The second-order valence-corrected chi connectivity index (χ2v) is 10.4. The number of anilines is 4. The Labute approximate surface area is 219 Å². The van der Waals surface area contributed by atoms with E-state index in [-0.39, 0.29) is 17.9 Å². The van der Waals surface area contributed by atoms with Crippen molar-refractivity contribution in [2.24, 2.45) is 5.92 Å². The van der Waals surface area contributed by atoms with Crippen LogP contribution in [0.15, 0.2) is 24.4 Å². The molecule has 0 unspecified atom stereocenters. The van der Waals surface area contributed by atoms with Crippen LogP contribution >= 0.6 is 0 Å². The fourth-order valence-electron chi connectivity index (χ4n) is 4.64. The molecule has 2 aliphatic heterocycles. The predicted octanol–water partition coefficient (Wildman–Crippen LogP) is 3.27. The molecule has 0 spiro atoms. The number of hydrogen-bond acceptors (Lipinski definition) is 8. The van der Waals surface area contributed by atoms with Crippen LogP contribution in [0.3, 0.4) is 0 Å². The Kier molecular flexibility index (Phi) is 8.48. The Morgan fingerprint density at radius 1 is 1.19 bits per heavy atom. The van der Waals surface area contributed by atoms with Gasteiger partial charge >= 0.3 is 0 Å². The fourth-order valence-corrected chi connectivity index (χ4v) is 4.64. The molecule has 37 heavy (non-hydrogen) atoms. The number of nitrogens with one attached hydrogen (secondary N) is 2. The van der Waals surface area contributed by atoms with E-state index in [0.29, 0.717) is 47.5 Å². The molecule has 3 heterocycles. The van der Waals surface area contributed by atoms with E-state index in [1.807, 2.05) is 6.07 Å². The summed E-state index contributed by atoms with van der Waals surface area (Å²) in [5.41, 5.74) is 1.90. The summed E-state index contributed by atoms with van der Waals surface area (Å²) in [5.74, 6) is 2.15. The largest absolute Gasteiger partial charge is 0.495 e. The maximum absolute atomic E-state index is 12.9. The molecule has 10 nitrogen and oxygen atoms in total. The van der Waals surface area contributed by atoms with Crippen LogP contribution in [-0.2, 0) is 4.79 Å². The third-order valence-corrected chi connectivity index (χ3v) is 7.12. The molecule has 2 aliphatic rings. The molecule has 200 valence electrons. The Bertz CT molecular complexity index is 1120. The molecule has 10 heteroatoms. The summed E-state index contributed by atoms with van der Waals surface area (Å²) in [7, 11) is 5.44. The van der Waals surface area contributed by atoms with Crippen LogP contribution in [0.5, 0.6) is 5.75 Å². The Morgan fingerprint density at radius 2 is 1.95 bits per heavy atom. The Morgan fingerprint density at radius 3 is 2.65 bits per heavy atom. The summed E-state index contributed by atoms with van der Waals surface area (Å²) in [6.45, 7) is 7.77. The van der Waals surface area contributed by atoms with Gasteiger partial charge in [-0.25, -0.2) is 4.98 Å². The Balaban J connectivity index is 1.53.